The van der Waals surface area contributed by atoms with Gasteiger partial charge in [0, 0.05) is 6.20 Å². The molecule has 2 aromatic heterocycles. The maximum Gasteiger partial charge on any atom is 0.278 e. The lowest BCUT2D eigenvalue weighted by molar-refractivity contribution is 0.0169. The number of nitrogens with one attached hydrogen (secondary N) is 3. The van der Waals surface area contributed by atoms with Crippen molar-refractivity contribution in [2.45, 2.75) is 13.3 Å². The lowest BCUT2D eigenvalue weighted by atomic mass is 10.1. The van der Waals surface area contributed by atoms with Gasteiger partial charge in [0.1, 0.15) is 5.82 Å². The monoisotopic (exact) mass is 359 g/mol. The van der Waals surface area contributed by atoms with E-state index >= 15 is 0 Å². The summed E-state index contributed by atoms with van der Waals surface area (Å²) in [6, 6.07) is 4.87. The Bertz CT molecular complexity index is 928. The van der Waals surface area contributed by atoms with E-state index in [4.69, 9.17) is 9.94 Å². The Morgan fingerprint density at radius 2 is 2.23 bits per heavy atom. The van der Waals surface area contributed by atoms with Crippen LogP contribution >= 0.6 is 0 Å². The number of rotatable bonds is 7. The van der Waals surface area contributed by atoms with E-state index in [0.717, 1.165) is 5.56 Å². The van der Waals surface area contributed by atoms with Gasteiger partial charge in [0.2, 0.25) is 0 Å². The highest BCUT2D eigenvalue weighted by molar-refractivity contribution is 6.06. The summed E-state index contributed by atoms with van der Waals surface area (Å²) in [7, 11) is 0. The van der Waals surface area contributed by atoms with Crippen molar-refractivity contribution in [1.82, 2.24) is 20.7 Å². The molecule has 0 fully saturated rings. The number of hydrogen-bond donors (Lipinski definition) is 4. The lowest BCUT2D eigenvalue weighted by Crippen LogP contribution is -2.26. The van der Waals surface area contributed by atoms with E-state index in [0.29, 0.717) is 23.1 Å². The van der Waals surface area contributed by atoms with Crippen molar-refractivity contribution < 1.29 is 19.1 Å². The number of hydrogen-bond acceptors (Lipinski definition) is 6. The molecule has 26 heavy (non-hydrogen) atoms. The molecule has 1 aromatic carbocycles. The fourth-order valence-corrected chi connectivity index (χ4v) is 2.44. The molecule has 0 bridgehead atoms. The van der Waals surface area contributed by atoms with Crippen LogP contribution < -0.4 is 10.8 Å². The molecule has 0 unspecified atom stereocenters. The summed E-state index contributed by atoms with van der Waals surface area (Å²) >= 11 is 0. The van der Waals surface area contributed by atoms with Crippen LogP contribution in [0.25, 0.3) is 11.0 Å². The Kier molecular flexibility index (Phi) is 5.40. The van der Waals surface area contributed by atoms with E-state index in [1.165, 1.54) is 18.5 Å². The van der Waals surface area contributed by atoms with Gasteiger partial charge in [-0.25, -0.2) is 14.9 Å². The Balaban J connectivity index is 1.98. The number of anilines is 2. The first-order valence-electron chi connectivity index (χ1n) is 8.04. The molecule has 0 atom stereocenters. The van der Waals surface area contributed by atoms with Crippen LogP contribution in [0.4, 0.5) is 15.8 Å². The largest absolute Gasteiger partial charge is 0.394 e. The summed E-state index contributed by atoms with van der Waals surface area (Å²) in [4.78, 5) is 21.3. The normalized spacial score (nSPS) is 10.9. The van der Waals surface area contributed by atoms with Gasteiger partial charge in [-0.1, -0.05) is 13.0 Å². The number of nitrogens with zero attached hydrogens (tertiary/aromatic N) is 2. The minimum atomic E-state index is -0.581. The van der Waals surface area contributed by atoms with Gasteiger partial charge in [-0.2, -0.15) is 5.10 Å². The van der Waals surface area contributed by atoms with Crippen LogP contribution in [-0.4, -0.2) is 39.4 Å². The standard InChI is InChI=1S/C17H18FN5O3/c1-2-10-3-4-14(13(18)7-10)21-15-11-9-20-22-16(11)19-8-12(15)17(25)23-26-6-5-24/h3-4,7-9,24H,2,5-6H2,1H3,(H,23,25)(H2,19,20,21,22). The summed E-state index contributed by atoms with van der Waals surface area (Å²) in [6.07, 6.45) is 3.54. The SMILES string of the molecule is CCc1ccc(Nc2c(C(=O)NOCCO)cnc3[nH]ncc23)c(F)c1. The highest BCUT2D eigenvalue weighted by Gasteiger charge is 2.18. The number of benzene rings is 1. The molecule has 0 radical (unpaired) electrons. The van der Waals surface area contributed by atoms with Crippen molar-refractivity contribution in [3.05, 3.63) is 47.5 Å². The summed E-state index contributed by atoms with van der Waals surface area (Å²) in [5.41, 5.74) is 4.25. The molecule has 3 aromatic rings. The topological polar surface area (TPSA) is 112 Å². The molecule has 8 nitrogen and oxygen atoms in total. The third kappa shape index (κ3) is 3.63. The van der Waals surface area contributed by atoms with Gasteiger partial charge in [0.25, 0.3) is 5.91 Å². The molecule has 0 aliphatic carbocycles. The van der Waals surface area contributed by atoms with Crippen LogP contribution in [0.3, 0.4) is 0 Å². The predicted octanol–water partition coefficient (Wildman–Crippen LogP) is 2.06. The average molecular weight is 359 g/mol. The van der Waals surface area contributed by atoms with Crippen molar-refractivity contribution >= 4 is 28.3 Å². The number of amides is 1. The van der Waals surface area contributed by atoms with Crippen LogP contribution in [0.2, 0.25) is 0 Å². The molecule has 0 spiro atoms. The van der Waals surface area contributed by atoms with Crippen LogP contribution in [-0.2, 0) is 11.3 Å². The van der Waals surface area contributed by atoms with Crippen LogP contribution in [0.1, 0.15) is 22.8 Å². The molecule has 0 aliphatic rings. The number of carbonyl (C=O) groups is 1. The van der Waals surface area contributed by atoms with Gasteiger partial charge in [-0.3, -0.25) is 14.7 Å². The Hall–Kier alpha value is -3.04. The van der Waals surface area contributed by atoms with Gasteiger partial charge < -0.3 is 10.4 Å². The molecular formula is C17H18FN5O3. The highest BCUT2D eigenvalue weighted by atomic mass is 19.1. The minimum absolute atomic E-state index is 0.0526. The van der Waals surface area contributed by atoms with Gasteiger partial charge >= 0.3 is 0 Å². The highest BCUT2D eigenvalue weighted by Crippen LogP contribution is 2.29. The summed E-state index contributed by atoms with van der Waals surface area (Å²) < 4.78 is 14.4. The molecule has 136 valence electrons. The van der Waals surface area contributed by atoms with E-state index in [2.05, 4.69) is 26.0 Å². The molecule has 9 heteroatoms. The molecule has 0 saturated heterocycles. The van der Waals surface area contributed by atoms with E-state index in [-0.39, 0.29) is 24.5 Å². The molecule has 3 rings (SSSR count). The van der Waals surface area contributed by atoms with Crippen LogP contribution in [0, 0.1) is 5.82 Å². The maximum atomic E-state index is 14.4. The smallest absolute Gasteiger partial charge is 0.278 e. The molecule has 0 saturated carbocycles. The Morgan fingerprint density at radius 3 is 2.96 bits per heavy atom. The number of aryl methyl sites for hydroxylation is 1. The fraction of sp³-hybridized carbons (Fsp3) is 0.235. The zero-order valence-corrected chi connectivity index (χ0v) is 14.0. The number of halogens is 1. The number of H-pyrrole nitrogens is 1. The molecule has 1 amide bonds. The summed E-state index contributed by atoms with van der Waals surface area (Å²) in [6.45, 7) is 1.65. The number of pyridine rings is 1. The van der Waals surface area contributed by atoms with Gasteiger partial charge in [-0.05, 0) is 24.1 Å². The second-order valence-corrected chi connectivity index (χ2v) is 5.48. The number of aliphatic hydroxyl groups is 1. The average Bonchev–Trinajstić information content (AvgIpc) is 3.12. The number of carbonyl (C=O) groups excluding carboxylic acids is 1. The number of aliphatic hydroxyl groups excluding tert-OH is 1. The molecule has 0 aliphatic heterocycles. The Labute approximate surface area is 148 Å². The van der Waals surface area contributed by atoms with E-state index in [9.17, 15) is 9.18 Å². The zero-order chi connectivity index (χ0) is 18.5. The first kappa shape index (κ1) is 17.8. The first-order chi connectivity index (χ1) is 12.6. The molecule has 2 heterocycles. The van der Waals surface area contributed by atoms with Crippen LogP contribution in [0.5, 0.6) is 0 Å². The van der Waals surface area contributed by atoms with Crippen LogP contribution in [0.15, 0.2) is 30.6 Å². The van der Waals surface area contributed by atoms with E-state index in [1.807, 2.05) is 13.0 Å². The summed E-state index contributed by atoms with van der Waals surface area (Å²) in [5.74, 6) is -1.01. The van der Waals surface area contributed by atoms with Crippen molar-refractivity contribution in [1.29, 1.82) is 0 Å². The second-order valence-electron chi connectivity index (χ2n) is 5.48. The number of hydroxylamine groups is 1. The van der Waals surface area contributed by atoms with Gasteiger partial charge in [0.15, 0.2) is 5.65 Å². The third-order valence-corrected chi connectivity index (χ3v) is 3.78. The van der Waals surface area contributed by atoms with Crippen molar-refractivity contribution in [3.63, 3.8) is 0 Å². The minimum Gasteiger partial charge on any atom is -0.394 e. The lowest BCUT2D eigenvalue weighted by Gasteiger charge is -2.14. The van der Waals surface area contributed by atoms with Crippen molar-refractivity contribution in [3.8, 4) is 0 Å². The number of aromatic nitrogens is 3. The van der Waals surface area contributed by atoms with Gasteiger partial charge in [-0.15, -0.1) is 0 Å². The number of fused-ring (bicyclic) bond motifs is 1. The van der Waals surface area contributed by atoms with E-state index in [1.54, 1.807) is 6.07 Å². The van der Waals surface area contributed by atoms with Crippen molar-refractivity contribution in [2.75, 3.05) is 18.5 Å². The molecular weight excluding hydrogens is 341 g/mol. The zero-order valence-electron chi connectivity index (χ0n) is 14.0. The summed E-state index contributed by atoms with van der Waals surface area (Å²) in [5, 5.41) is 18.8. The van der Waals surface area contributed by atoms with Crippen molar-refractivity contribution in [2.24, 2.45) is 0 Å². The molecule has 4 N–H and O–H groups in total. The third-order valence-electron chi connectivity index (χ3n) is 3.78. The fourth-order valence-electron chi connectivity index (χ4n) is 2.44. The van der Waals surface area contributed by atoms with Gasteiger partial charge in [0.05, 0.1) is 41.7 Å². The first-order valence-corrected chi connectivity index (χ1v) is 8.04. The quantitative estimate of drug-likeness (QED) is 0.379. The number of aromatic amines is 1. The predicted molar refractivity (Wildman–Crippen MR) is 93.5 cm³/mol. The maximum absolute atomic E-state index is 14.4. The Morgan fingerprint density at radius 1 is 1.38 bits per heavy atom. The van der Waals surface area contributed by atoms with E-state index < -0.39 is 11.7 Å². The second kappa shape index (κ2) is 7.89.